The van der Waals surface area contributed by atoms with Crippen molar-refractivity contribution in [2.75, 3.05) is 26.2 Å². The molecule has 0 aromatic rings. The summed E-state index contributed by atoms with van der Waals surface area (Å²) < 4.78 is 0. The van der Waals surface area contributed by atoms with Crippen molar-refractivity contribution in [1.29, 1.82) is 0 Å². The number of amides is 1. The van der Waals surface area contributed by atoms with Gasteiger partial charge in [-0.2, -0.15) is 0 Å². The third kappa shape index (κ3) is 3.54. The van der Waals surface area contributed by atoms with Crippen molar-refractivity contribution in [3.63, 3.8) is 0 Å². The number of allylic oxidation sites excluding steroid dienone is 1. The van der Waals surface area contributed by atoms with Crippen molar-refractivity contribution in [3.05, 3.63) is 12.2 Å². The molecule has 4 nitrogen and oxygen atoms in total. The highest BCUT2D eigenvalue weighted by atomic mass is 16.2. The van der Waals surface area contributed by atoms with Crippen LogP contribution in [0.3, 0.4) is 0 Å². The molecule has 0 saturated carbocycles. The summed E-state index contributed by atoms with van der Waals surface area (Å²) in [6.45, 7) is 5.94. The lowest BCUT2D eigenvalue weighted by Crippen LogP contribution is -2.54. The molecule has 0 aromatic heterocycles. The lowest BCUT2D eigenvalue weighted by molar-refractivity contribution is -0.126. The molecule has 2 unspecified atom stereocenters. The largest absolute Gasteiger partial charge is 0.352 e. The molecule has 1 aliphatic heterocycles. The van der Waals surface area contributed by atoms with Gasteiger partial charge < -0.3 is 10.6 Å². The van der Waals surface area contributed by atoms with E-state index in [0.717, 1.165) is 45.4 Å². The Bertz CT molecular complexity index is 284. The van der Waals surface area contributed by atoms with Crippen LogP contribution in [0, 0.1) is 0 Å². The van der Waals surface area contributed by atoms with Gasteiger partial charge in [-0.25, -0.2) is 0 Å². The Morgan fingerprint density at radius 2 is 2.18 bits per heavy atom. The van der Waals surface area contributed by atoms with Gasteiger partial charge in [0, 0.05) is 32.2 Å². The molecule has 1 amide bonds. The predicted octanol–water partition coefficient (Wildman–Crippen LogP) is 0.505. The number of carbonyl (C=O) groups is 1. The van der Waals surface area contributed by atoms with Crippen molar-refractivity contribution in [2.24, 2.45) is 0 Å². The molecule has 1 heterocycles. The first kappa shape index (κ1) is 12.6. The first-order valence-corrected chi connectivity index (χ1v) is 6.67. The molecule has 4 heteroatoms. The van der Waals surface area contributed by atoms with Crippen LogP contribution in [0.25, 0.3) is 0 Å². The van der Waals surface area contributed by atoms with E-state index in [9.17, 15) is 4.79 Å². The number of hydrogen-bond acceptors (Lipinski definition) is 3. The van der Waals surface area contributed by atoms with Crippen LogP contribution in [-0.4, -0.2) is 49.1 Å². The van der Waals surface area contributed by atoms with Gasteiger partial charge in [-0.3, -0.25) is 9.69 Å². The molecule has 96 valence electrons. The van der Waals surface area contributed by atoms with E-state index in [4.69, 9.17) is 0 Å². The maximum Gasteiger partial charge on any atom is 0.237 e. The smallest absolute Gasteiger partial charge is 0.237 e. The van der Waals surface area contributed by atoms with Crippen molar-refractivity contribution >= 4 is 5.91 Å². The predicted molar refractivity (Wildman–Crippen MR) is 68.8 cm³/mol. The van der Waals surface area contributed by atoms with Crippen LogP contribution in [-0.2, 0) is 4.79 Å². The summed E-state index contributed by atoms with van der Waals surface area (Å²) >= 11 is 0. The number of piperazine rings is 1. The molecular weight excluding hydrogens is 214 g/mol. The SMILES string of the molecule is CC(C(=O)NC1CC=CCC1)N1CCNCC1. The van der Waals surface area contributed by atoms with Crippen LogP contribution < -0.4 is 10.6 Å². The van der Waals surface area contributed by atoms with Crippen molar-refractivity contribution in [1.82, 2.24) is 15.5 Å². The molecule has 2 N–H and O–H groups in total. The Balaban J connectivity index is 1.79. The van der Waals surface area contributed by atoms with E-state index in [1.807, 2.05) is 6.92 Å². The second-order valence-corrected chi connectivity index (χ2v) is 4.95. The van der Waals surface area contributed by atoms with Crippen LogP contribution in [0.1, 0.15) is 26.2 Å². The minimum Gasteiger partial charge on any atom is -0.352 e. The molecule has 1 saturated heterocycles. The Morgan fingerprint density at radius 3 is 2.82 bits per heavy atom. The highest BCUT2D eigenvalue weighted by Crippen LogP contribution is 2.11. The van der Waals surface area contributed by atoms with E-state index >= 15 is 0 Å². The first-order valence-electron chi connectivity index (χ1n) is 6.67. The Morgan fingerprint density at radius 1 is 1.41 bits per heavy atom. The highest BCUT2D eigenvalue weighted by Gasteiger charge is 2.24. The monoisotopic (exact) mass is 237 g/mol. The molecule has 0 bridgehead atoms. The summed E-state index contributed by atoms with van der Waals surface area (Å²) in [5, 5.41) is 6.47. The van der Waals surface area contributed by atoms with Crippen LogP contribution in [0.15, 0.2) is 12.2 Å². The minimum absolute atomic E-state index is 0.00278. The van der Waals surface area contributed by atoms with Gasteiger partial charge >= 0.3 is 0 Å². The number of nitrogens with one attached hydrogen (secondary N) is 2. The van der Waals surface area contributed by atoms with Crippen molar-refractivity contribution < 1.29 is 4.79 Å². The Labute approximate surface area is 103 Å². The molecule has 0 radical (unpaired) electrons. The second kappa shape index (κ2) is 6.17. The summed E-state index contributed by atoms with van der Waals surface area (Å²) in [4.78, 5) is 14.4. The fourth-order valence-corrected chi connectivity index (χ4v) is 2.48. The topological polar surface area (TPSA) is 44.4 Å². The third-order valence-electron chi connectivity index (χ3n) is 3.69. The normalized spacial score (nSPS) is 27.7. The summed E-state index contributed by atoms with van der Waals surface area (Å²) in [6.07, 6.45) is 7.52. The van der Waals surface area contributed by atoms with Gasteiger partial charge in [0.05, 0.1) is 6.04 Å². The van der Waals surface area contributed by atoms with Crippen LogP contribution in [0.5, 0.6) is 0 Å². The van der Waals surface area contributed by atoms with E-state index in [2.05, 4.69) is 27.7 Å². The Kier molecular flexibility index (Phi) is 4.57. The molecular formula is C13H23N3O. The molecule has 2 rings (SSSR count). The number of carbonyl (C=O) groups excluding carboxylic acids is 1. The summed E-state index contributed by atoms with van der Waals surface area (Å²) in [7, 11) is 0. The van der Waals surface area contributed by atoms with Gasteiger partial charge in [0.25, 0.3) is 0 Å². The van der Waals surface area contributed by atoms with Crippen molar-refractivity contribution in [2.45, 2.75) is 38.3 Å². The fourth-order valence-electron chi connectivity index (χ4n) is 2.48. The summed E-state index contributed by atoms with van der Waals surface area (Å²) in [6, 6.07) is 0.348. The lowest BCUT2D eigenvalue weighted by atomic mass is 10.0. The summed E-state index contributed by atoms with van der Waals surface area (Å²) in [5.74, 6) is 0.187. The van der Waals surface area contributed by atoms with Gasteiger partial charge in [-0.15, -0.1) is 0 Å². The minimum atomic E-state index is 0.00278. The maximum atomic E-state index is 12.1. The average Bonchev–Trinajstić information content (AvgIpc) is 2.40. The van der Waals surface area contributed by atoms with Gasteiger partial charge in [0.2, 0.25) is 5.91 Å². The molecule has 0 spiro atoms. The third-order valence-corrected chi connectivity index (χ3v) is 3.69. The van der Waals surface area contributed by atoms with Crippen LogP contribution in [0.4, 0.5) is 0 Å². The van der Waals surface area contributed by atoms with E-state index in [1.54, 1.807) is 0 Å². The fraction of sp³-hybridized carbons (Fsp3) is 0.769. The van der Waals surface area contributed by atoms with E-state index in [-0.39, 0.29) is 11.9 Å². The molecule has 17 heavy (non-hydrogen) atoms. The summed E-state index contributed by atoms with van der Waals surface area (Å²) in [5.41, 5.74) is 0. The van der Waals surface area contributed by atoms with Crippen LogP contribution in [0.2, 0.25) is 0 Å². The number of nitrogens with zero attached hydrogens (tertiary/aromatic N) is 1. The van der Waals surface area contributed by atoms with E-state index in [0.29, 0.717) is 6.04 Å². The zero-order chi connectivity index (χ0) is 12.1. The molecule has 0 aromatic carbocycles. The zero-order valence-electron chi connectivity index (χ0n) is 10.6. The van der Waals surface area contributed by atoms with E-state index < -0.39 is 0 Å². The maximum absolute atomic E-state index is 12.1. The van der Waals surface area contributed by atoms with E-state index in [1.165, 1.54) is 0 Å². The quantitative estimate of drug-likeness (QED) is 0.703. The Hall–Kier alpha value is -0.870. The molecule has 1 aliphatic carbocycles. The number of rotatable bonds is 3. The second-order valence-electron chi connectivity index (χ2n) is 4.95. The van der Waals surface area contributed by atoms with Gasteiger partial charge in [0.1, 0.15) is 0 Å². The molecule has 2 atom stereocenters. The molecule has 1 fully saturated rings. The van der Waals surface area contributed by atoms with Gasteiger partial charge in [0.15, 0.2) is 0 Å². The van der Waals surface area contributed by atoms with Crippen LogP contribution >= 0.6 is 0 Å². The first-order chi connectivity index (χ1) is 8.27. The standard InChI is InChI=1S/C13H23N3O/c1-11(16-9-7-14-8-10-16)13(17)15-12-5-3-2-4-6-12/h2-3,11-12,14H,4-10H2,1H3,(H,15,17). The van der Waals surface area contributed by atoms with Crippen molar-refractivity contribution in [3.8, 4) is 0 Å². The van der Waals surface area contributed by atoms with Gasteiger partial charge in [-0.05, 0) is 26.2 Å². The zero-order valence-corrected chi connectivity index (χ0v) is 10.6. The average molecular weight is 237 g/mol. The number of hydrogen-bond donors (Lipinski definition) is 2. The molecule has 2 aliphatic rings. The van der Waals surface area contributed by atoms with Gasteiger partial charge in [-0.1, -0.05) is 12.2 Å². The highest BCUT2D eigenvalue weighted by molar-refractivity contribution is 5.81. The lowest BCUT2D eigenvalue weighted by Gasteiger charge is -2.33.